The number of hydrogen-bond acceptors (Lipinski definition) is 4. The van der Waals surface area contributed by atoms with E-state index in [2.05, 4.69) is 22.2 Å². The summed E-state index contributed by atoms with van der Waals surface area (Å²) in [7, 11) is 5.78. The van der Waals surface area contributed by atoms with Crippen LogP contribution in [0.2, 0.25) is 0 Å². The van der Waals surface area contributed by atoms with Gasteiger partial charge in [0.2, 0.25) is 0 Å². The van der Waals surface area contributed by atoms with Gasteiger partial charge in [0.1, 0.15) is 0 Å². The van der Waals surface area contributed by atoms with E-state index in [4.69, 9.17) is 4.74 Å². The van der Waals surface area contributed by atoms with Crippen LogP contribution < -0.4 is 5.32 Å². The molecule has 1 unspecified atom stereocenters. The van der Waals surface area contributed by atoms with E-state index in [-0.39, 0.29) is 0 Å². The molecule has 1 N–H and O–H groups in total. The van der Waals surface area contributed by atoms with Crippen molar-refractivity contribution in [2.45, 2.75) is 12.6 Å². The molecule has 1 atom stereocenters. The van der Waals surface area contributed by atoms with E-state index in [1.165, 1.54) is 0 Å². The van der Waals surface area contributed by atoms with Crippen molar-refractivity contribution in [3.63, 3.8) is 0 Å². The largest absolute Gasteiger partial charge is 0.383 e. The van der Waals surface area contributed by atoms with Crippen molar-refractivity contribution >= 4 is 0 Å². The van der Waals surface area contributed by atoms with Crippen LogP contribution in [0, 0.1) is 0 Å². The van der Waals surface area contributed by atoms with Gasteiger partial charge in [-0.1, -0.05) is 6.07 Å². The zero-order valence-corrected chi connectivity index (χ0v) is 10.3. The lowest BCUT2D eigenvalue weighted by Crippen LogP contribution is -2.41. The van der Waals surface area contributed by atoms with Crippen molar-refractivity contribution in [1.82, 2.24) is 15.2 Å². The van der Waals surface area contributed by atoms with Crippen molar-refractivity contribution in [2.75, 3.05) is 34.4 Å². The predicted molar refractivity (Wildman–Crippen MR) is 65.3 cm³/mol. The molecular weight excluding hydrogens is 202 g/mol. The van der Waals surface area contributed by atoms with E-state index in [9.17, 15) is 0 Å². The van der Waals surface area contributed by atoms with Gasteiger partial charge in [0.15, 0.2) is 0 Å². The summed E-state index contributed by atoms with van der Waals surface area (Å²) in [5, 5.41) is 3.18. The van der Waals surface area contributed by atoms with Gasteiger partial charge in [-0.3, -0.25) is 9.88 Å². The van der Waals surface area contributed by atoms with Crippen LogP contribution in [0.25, 0.3) is 0 Å². The SMILES string of the molecule is CNCC(COC)N(C)Cc1ccccn1. The smallest absolute Gasteiger partial charge is 0.0630 e. The summed E-state index contributed by atoms with van der Waals surface area (Å²) >= 11 is 0. The summed E-state index contributed by atoms with van der Waals surface area (Å²) < 4.78 is 5.21. The summed E-state index contributed by atoms with van der Waals surface area (Å²) in [6.45, 7) is 2.48. The van der Waals surface area contributed by atoms with E-state index in [0.29, 0.717) is 6.04 Å². The van der Waals surface area contributed by atoms with Crippen LogP contribution >= 0.6 is 0 Å². The number of pyridine rings is 1. The van der Waals surface area contributed by atoms with Crippen LogP contribution in [0.3, 0.4) is 0 Å². The second kappa shape index (κ2) is 7.33. The Labute approximate surface area is 97.6 Å². The van der Waals surface area contributed by atoms with Gasteiger partial charge < -0.3 is 10.1 Å². The van der Waals surface area contributed by atoms with Crippen LogP contribution in [0.15, 0.2) is 24.4 Å². The first-order chi connectivity index (χ1) is 7.77. The number of methoxy groups -OCH3 is 1. The molecule has 0 spiro atoms. The Hall–Kier alpha value is -0.970. The summed E-state index contributed by atoms with van der Waals surface area (Å²) in [5.74, 6) is 0. The van der Waals surface area contributed by atoms with Gasteiger partial charge in [-0.25, -0.2) is 0 Å². The number of hydrogen-bond donors (Lipinski definition) is 1. The average molecular weight is 223 g/mol. The van der Waals surface area contributed by atoms with Gasteiger partial charge in [-0.2, -0.15) is 0 Å². The number of nitrogens with zero attached hydrogens (tertiary/aromatic N) is 2. The fourth-order valence-corrected chi connectivity index (χ4v) is 1.65. The maximum Gasteiger partial charge on any atom is 0.0630 e. The molecule has 0 aliphatic rings. The highest BCUT2D eigenvalue weighted by atomic mass is 16.5. The van der Waals surface area contributed by atoms with Gasteiger partial charge in [0, 0.05) is 32.4 Å². The van der Waals surface area contributed by atoms with Crippen molar-refractivity contribution in [1.29, 1.82) is 0 Å². The molecule has 0 saturated carbocycles. The van der Waals surface area contributed by atoms with E-state index < -0.39 is 0 Å². The Bertz CT molecular complexity index is 273. The van der Waals surface area contributed by atoms with Gasteiger partial charge >= 0.3 is 0 Å². The molecule has 1 heterocycles. The van der Waals surface area contributed by atoms with E-state index in [0.717, 1.165) is 25.4 Å². The average Bonchev–Trinajstić information content (AvgIpc) is 2.30. The third kappa shape index (κ3) is 4.26. The third-order valence-corrected chi connectivity index (χ3v) is 2.56. The zero-order valence-electron chi connectivity index (χ0n) is 10.3. The monoisotopic (exact) mass is 223 g/mol. The second-order valence-corrected chi connectivity index (χ2v) is 3.90. The lowest BCUT2D eigenvalue weighted by molar-refractivity contribution is 0.102. The number of rotatable bonds is 7. The maximum atomic E-state index is 5.21. The van der Waals surface area contributed by atoms with Crippen molar-refractivity contribution in [3.8, 4) is 0 Å². The molecule has 0 aliphatic carbocycles. The van der Waals surface area contributed by atoms with Gasteiger partial charge in [0.25, 0.3) is 0 Å². The topological polar surface area (TPSA) is 37.4 Å². The van der Waals surface area contributed by atoms with Gasteiger partial charge in [-0.05, 0) is 26.2 Å². The summed E-state index contributed by atoms with van der Waals surface area (Å²) in [4.78, 5) is 6.57. The number of likely N-dealkylation sites (N-methyl/N-ethyl adjacent to an activating group) is 2. The van der Waals surface area contributed by atoms with E-state index in [1.807, 2.05) is 31.4 Å². The van der Waals surface area contributed by atoms with Crippen LogP contribution in [-0.2, 0) is 11.3 Å². The Balaban J connectivity index is 2.51. The fourth-order valence-electron chi connectivity index (χ4n) is 1.65. The maximum absolute atomic E-state index is 5.21. The van der Waals surface area contributed by atoms with Crippen LogP contribution in [0.1, 0.15) is 5.69 Å². The van der Waals surface area contributed by atoms with Crippen LogP contribution in [0.5, 0.6) is 0 Å². The lowest BCUT2D eigenvalue weighted by Gasteiger charge is -2.26. The van der Waals surface area contributed by atoms with Crippen LogP contribution in [0.4, 0.5) is 0 Å². The minimum Gasteiger partial charge on any atom is -0.383 e. The standard InChI is InChI=1S/C12H21N3O/c1-13-8-12(10-16-3)15(2)9-11-6-4-5-7-14-11/h4-7,12-13H,8-10H2,1-3H3. The normalized spacial score (nSPS) is 13.0. The van der Waals surface area contributed by atoms with E-state index >= 15 is 0 Å². The first kappa shape index (κ1) is 13.1. The van der Waals surface area contributed by atoms with Crippen molar-refractivity contribution < 1.29 is 4.74 Å². The minimum absolute atomic E-state index is 0.372. The minimum atomic E-state index is 0.372. The molecule has 4 heteroatoms. The Morgan fingerprint density at radius 1 is 1.50 bits per heavy atom. The molecule has 0 amide bonds. The molecular formula is C12H21N3O. The van der Waals surface area contributed by atoms with Gasteiger partial charge in [-0.15, -0.1) is 0 Å². The molecule has 90 valence electrons. The molecule has 0 radical (unpaired) electrons. The summed E-state index contributed by atoms with van der Waals surface area (Å²) in [5.41, 5.74) is 1.09. The third-order valence-electron chi connectivity index (χ3n) is 2.56. The molecule has 0 bridgehead atoms. The Kier molecular flexibility index (Phi) is 6.00. The highest BCUT2D eigenvalue weighted by Gasteiger charge is 2.14. The quantitative estimate of drug-likeness (QED) is 0.740. The molecule has 1 rings (SSSR count). The first-order valence-electron chi connectivity index (χ1n) is 5.51. The molecule has 0 aromatic carbocycles. The molecule has 0 fully saturated rings. The second-order valence-electron chi connectivity index (χ2n) is 3.90. The predicted octanol–water partition coefficient (Wildman–Crippen LogP) is 0.748. The van der Waals surface area contributed by atoms with Crippen LogP contribution in [-0.4, -0.2) is 50.3 Å². The fraction of sp³-hybridized carbons (Fsp3) is 0.583. The number of ether oxygens (including phenoxy) is 1. The van der Waals surface area contributed by atoms with Crippen molar-refractivity contribution in [3.05, 3.63) is 30.1 Å². The molecule has 0 aliphatic heterocycles. The molecule has 1 aromatic rings. The molecule has 16 heavy (non-hydrogen) atoms. The summed E-state index contributed by atoms with van der Waals surface area (Å²) in [6, 6.07) is 6.36. The van der Waals surface area contributed by atoms with Gasteiger partial charge in [0.05, 0.1) is 12.3 Å². The number of nitrogens with one attached hydrogen (secondary N) is 1. The highest BCUT2D eigenvalue weighted by molar-refractivity contribution is 5.03. The first-order valence-corrected chi connectivity index (χ1v) is 5.51. The zero-order chi connectivity index (χ0) is 11.8. The molecule has 4 nitrogen and oxygen atoms in total. The molecule has 1 aromatic heterocycles. The van der Waals surface area contributed by atoms with E-state index in [1.54, 1.807) is 7.11 Å². The Morgan fingerprint density at radius 2 is 2.31 bits per heavy atom. The lowest BCUT2D eigenvalue weighted by atomic mass is 10.2. The number of aromatic nitrogens is 1. The highest BCUT2D eigenvalue weighted by Crippen LogP contribution is 2.03. The van der Waals surface area contributed by atoms with Crippen molar-refractivity contribution in [2.24, 2.45) is 0 Å². The molecule has 0 saturated heterocycles. The Morgan fingerprint density at radius 3 is 2.88 bits per heavy atom. The summed E-state index contributed by atoms with van der Waals surface area (Å²) in [6.07, 6.45) is 1.83.